The SMILES string of the molecule is CCOC1=NC(N2CCNCC2)=CCc2c1sc1nc(-c3ccc(-c4cc(OC)c(OC)c(OC)c4)cc3)nc(C)c21. The van der Waals surface area contributed by atoms with Crippen LogP contribution in [0.15, 0.2) is 53.3 Å². The van der Waals surface area contributed by atoms with E-state index in [-0.39, 0.29) is 0 Å². The fourth-order valence-electron chi connectivity index (χ4n) is 5.52. The van der Waals surface area contributed by atoms with Gasteiger partial charge in [0.05, 0.1) is 38.5 Å². The molecule has 0 atom stereocenters. The Labute approximate surface area is 249 Å². The molecule has 4 aromatic rings. The Kier molecular flexibility index (Phi) is 7.99. The van der Waals surface area contributed by atoms with Gasteiger partial charge in [-0.25, -0.2) is 9.97 Å². The molecule has 9 nitrogen and oxygen atoms in total. The van der Waals surface area contributed by atoms with Gasteiger partial charge in [0.1, 0.15) is 10.7 Å². The van der Waals surface area contributed by atoms with Crippen LogP contribution in [-0.2, 0) is 11.2 Å². The van der Waals surface area contributed by atoms with Crippen LogP contribution < -0.4 is 19.5 Å². The Morgan fingerprint density at radius 2 is 1.60 bits per heavy atom. The van der Waals surface area contributed by atoms with Gasteiger partial charge < -0.3 is 29.2 Å². The Balaban J connectivity index is 1.34. The van der Waals surface area contributed by atoms with Crippen molar-refractivity contribution in [2.75, 3.05) is 54.1 Å². The van der Waals surface area contributed by atoms with Crippen molar-refractivity contribution in [1.82, 2.24) is 20.2 Å². The quantitative estimate of drug-likeness (QED) is 0.307. The molecule has 0 radical (unpaired) electrons. The minimum Gasteiger partial charge on any atom is -0.493 e. The highest BCUT2D eigenvalue weighted by molar-refractivity contribution is 7.20. The zero-order valence-electron chi connectivity index (χ0n) is 24.6. The Bertz CT molecular complexity index is 1650. The summed E-state index contributed by atoms with van der Waals surface area (Å²) in [6.07, 6.45) is 2.99. The highest BCUT2D eigenvalue weighted by atomic mass is 32.1. The van der Waals surface area contributed by atoms with Crippen LogP contribution in [0, 0.1) is 6.92 Å². The Morgan fingerprint density at radius 3 is 2.24 bits per heavy atom. The molecule has 2 aliphatic heterocycles. The van der Waals surface area contributed by atoms with Gasteiger partial charge in [-0.15, -0.1) is 11.3 Å². The number of benzene rings is 2. The van der Waals surface area contributed by atoms with Gasteiger partial charge in [0.25, 0.3) is 0 Å². The van der Waals surface area contributed by atoms with Crippen LogP contribution >= 0.6 is 11.3 Å². The number of fused-ring (bicyclic) bond motifs is 3. The van der Waals surface area contributed by atoms with Crippen LogP contribution in [0.5, 0.6) is 17.2 Å². The third-order valence-electron chi connectivity index (χ3n) is 7.59. The van der Waals surface area contributed by atoms with Crippen LogP contribution in [0.3, 0.4) is 0 Å². The van der Waals surface area contributed by atoms with Crippen molar-refractivity contribution in [3.05, 3.63) is 64.4 Å². The van der Waals surface area contributed by atoms with Crippen molar-refractivity contribution in [2.24, 2.45) is 4.99 Å². The summed E-state index contributed by atoms with van der Waals surface area (Å²) in [5.41, 5.74) is 5.06. The van der Waals surface area contributed by atoms with E-state index in [4.69, 9.17) is 33.9 Å². The number of allylic oxidation sites excluding steroid dienone is 1. The molecule has 2 aromatic heterocycles. The first-order valence-electron chi connectivity index (χ1n) is 14.1. The summed E-state index contributed by atoms with van der Waals surface area (Å²) in [5.74, 6) is 4.15. The van der Waals surface area contributed by atoms with Gasteiger partial charge in [0.2, 0.25) is 11.6 Å². The molecule has 6 rings (SSSR count). The molecule has 2 aromatic carbocycles. The lowest BCUT2D eigenvalue weighted by Crippen LogP contribution is -2.42. The van der Waals surface area contributed by atoms with E-state index in [0.717, 1.165) is 75.9 Å². The second-order valence-corrected chi connectivity index (χ2v) is 11.1. The van der Waals surface area contributed by atoms with E-state index in [0.29, 0.717) is 35.6 Å². The van der Waals surface area contributed by atoms with Crippen LogP contribution in [-0.4, -0.2) is 74.9 Å². The average molecular weight is 586 g/mol. The van der Waals surface area contributed by atoms with Gasteiger partial charge >= 0.3 is 0 Å². The van der Waals surface area contributed by atoms with E-state index >= 15 is 0 Å². The lowest BCUT2D eigenvalue weighted by molar-refractivity contribution is 0.289. The van der Waals surface area contributed by atoms with Crippen LogP contribution in [0.1, 0.15) is 23.1 Å². The van der Waals surface area contributed by atoms with Crippen molar-refractivity contribution < 1.29 is 18.9 Å². The number of nitrogens with zero attached hydrogens (tertiary/aromatic N) is 4. The number of rotatable bonds is 7. The van der Waals surface area contributed by atoms with Crippen molar-refractivity contribution in [3.63, 3.8) is 0 Å². The smallest absolute Gasteiger partial charge is 0.233 e. The number of thiophene rings is 1. The van der Waals surface area contributed by atoms with E-state index < -0.39 is 0 Å². The molecule has 0 aliphatic carbocycles. The first-order chi connectivity index (χ1) is 20.5. The van der Waals surface area contributed by atoms with Crippen molar-refractivity contribution >= 4 is 27.5 Å². The van der Waals surface area contributed by atoms with Crippen LogP contribution in [0.25, 0.3) is 32.7 Å². The molecule has 2 aliphatic rings. The van der Waals surface area contributed by atoms with Crippen molar-refractivity contribution in [3.8, 4) is 39.8 Å². The fraction of sp³-hybridized carbons (Fsp3) is 0.344. The number of ether oxygens (including phenoxy) is 4. The Morgan fingerprint density at radius 1 is 0.905 bits per heavy atom. The van der Waals surface area contributed by atoms with Crippen LogP contribution in [0.2, 0.25) is 0 Å². The summed E-state index contributed by atoms with van der Waals surface area (Å²) in [5, 5.41) is 4.51. The number of hydrogen-bond acceptors (Lipinski definition) is 10. The summed E-state index contributed by atoms with van der Waals surface area (Å²) < 4.78 is 22.7. The van der Waals surface area contributed by atoms with Gasteiger partial charge in [0, 0.05) is 37.1 Å². The van der Waals surface area contributed by atoms with Crippen LogP contribution in [0.4, 0.5) is 0 Å². The van der Waals surface area contributed by atoms with E-state index in [1.165, 1.54) is 5.56 Å². The maximum Gasteiger partial charge on any atom is 0.233 e. The third-order valence-corrected chi connectivity index (χ3v) is 8.71. The van der Waals surface area contributed by atoms with Crippen molar-refractivity contribution in [1.29, 1.82) is 0 Å². The van der Waals surface area contributed by atoms with E-state index in [2.05, 4.69) is 35.3 Å². The van der Waals surface area contributed by atoms with Crippen molar-refractivity contribution in [2.45, 2.75) is 20.3 Å². The maximum atomic E-state index is 6.10. The highest BCUT2D eigenvalue weighted by Crippen LogP contribution is 2.42. The first kappa shape index (κ1) is 28.0. The predicted octanol–water partition coefficient (Wildman–Crippen LogP) is 5.45. The van der Waals surface area contributed by atoms with Gasteiger partial charge in [-0.3, -0.25) is 0 Å². The molecule has 0 amide bonds. The molecule has 1 N–H and O–H groups in total. The second-order valence-electron chi connectivity index (χ2n) is 10.1. The van der Waals surface area contributed by atoms with Gasteiger partial charge in [-0.05, 0) is 55.2 Å². The van der Waals surface area contributed by atoms with E-state index in [1.807, 2.05) is 31.2 Å². The number of nitrogens with one attached hydrogen (secondary N) is 1. The normalized spacial score (nSPS) is 15.0. The van der Waals surface area contributed by atoms with Gasteiger partial charge in [-0.1, -0.05) is 24.3 Å². The second kappa shape index (κ2) is 12.0. The fourth-order valence-corrected chi connectivity index (χ4v) is 6.72. The van der Waals surface area contributed by atoms with E-state index in [1.54, 1.807) is 32.7 Å². The molecular weight excluding hydrogens is 550 g/mol. The number of hydrogen-bond donors (Lipinski definition) is 1. The summed E-state index contributed by atoms with van der Waals surface area (Å²) >= 11 is 1.63. The zero-order valence-corrected chi connectivity index (χ0v) is 25.4. The Hall–Kier alpha value is -4.15. The minimum absolute atomic E-state index is 0.551. The topological polar surface area (TPSA) is 90.3 Å². The molecule has 4 heterocycles. The number of piperazine rings is 1. The molecule has 0 bridgehead atoms. The lowest BCUT2D eigenvalue weighted by atomic mass is 10.0. The number of aryl methyl sites for hydroxylation is 1. The molecule has 0 saturated carbocycles. The van der Waals surface area contributed by atoms with Gasteiger partial charge in [-0.2, -0.15) is 4.99 Å². The minimum atomic E-state index is 0.551. The molecule has 42 heavy (non-hydrogen) atoms. The first-order valence-corrected chi connectivity index (χ1v) is 14.9. The monoisotopic (exact) mass is 585 g/mol. The maximum absolute atomic E-state index is 6.10. The van der Waals surface area contributed by atoms with Gasteiger partial charge in [0.15, 0.2) is 17.3 Å². The molecular formula is C32H35N5O4S. The molecule has 1 fully saturated rings. The zero-order chi connectivity index (χ0) is 29.2. The van der Waals surface area contributed by atoms with E-state index in [9.17, 15) is 0 Å². The lowest BCUT2D eigenvalue weighted by Gasteiger charge is -2.29. The number of aliphatic imine (C=N–C) groups is 1. The molecule has 0 spiro atoms. The molecule has 0 unspecified atom stereocenters. The molecule has 1 saturated heterocycles. The summed E-state index contributed by atoms with van der Waals surface area (Å²) in [4.78, 5) is 19.3. The molecule has 218 valence electrons. The summed E-state index contributed by atoms with van der Waals surface area (Å²) in [6.45, 7) is 8.41. The summed E-state index contributed by atoms with van der Waals surface area (Å²) in [7, 11) is 4.84. The summed E-state index contributed by atoms with van der Waals surface area (Å²) in [6, 6.07) is 12.1. The number of aromatic nitrogens is 2. The third kappa shape index (κ3) is 5.16. The largest absolute Gasteiger partial charge is 0.493 e. The average Bonchev–Trinajstić information content (AvgIpc) is 3.32. The highest BCUT2D eigenvalue weighted by Gasteiger charge is 2.25. The predicted molar refractivity (Wildman–Crippen MR) is 167 cm³/mol. The molecule has 10 heteroatoms. The standard InChI is InChI=1S/C32H35N5O4S/c1-6-41-31-29-23(11-12-26(35-31)37-15-13-33-14-16-37)27-19(2)34-30(36-32(27)42-29)21-9-7-20(8-10-21)22-17-24(38-3)28(40-5)25(18-22)39-4/h7-10,12,17-18,33H,6,11,13-16H2,1-5H3. The number of methoxy groups -OCH3 is 3.